The molecule has 0 spiro atoms. The second-order valence-electron chi connectivity index (χ2n) is 6.50. The molecule has 4 atom stereocenters. The van der Waals surface area contributed by atoms with E-state index >= 15 is 0 Å². The van der Waals surface area contributed by atoms with Crippen LogP contribution in [0.5, 0.6) is 5.75 Å². The van der Waals surface area contributed by atoms with Crippen molar-refractivity contribution in [3.8, 4) is 16.9 Å². The molecule has 0 aromatic carbocycles. The molecule has 3 heterocycles. The van der Waals surface area contributed by atoms with Gasteiger partial charge in [0.05, 0.1) is 18.7 Å². The number of pyridine rings is 1. The maximum atomic E-state index is 11.8. The Morgan fingerprint density at radius 1 is 1.03 bits per heavy atom. The fourth-order valence-electron chi connectivity index (χ4n) is 3.07. The van der Waals surface area contributed by atoms with Crippen LogP contribution in [0.25, 0.3) is 11.1 Å². The van der Waals surface area contributed by atoms with Gasteiger partial charge < -0.3 is 23.4 Å². The van der Waals surface area contributed by atoms with E-state index in [1.807, 2.05) is 0 Å². The molecular formula is C20H21NO8S. The van der Waals surface area contributed by atoms with Gasteiger partial charge >= 0.3 is 17.9 Å². The third kappa shape index (κ3) is 5.32. The number of aromatic nitrogens is 1. The highest BCUT2D eigenvalue weighted by atomic mass is 32.2. The minimum atomic E-state index is -1.02. The molecule has 1 fully saturated rings. The molecule has 9 nitrogen and oxygen atoms in total. The number of hydrogen-bond donors (Lipinski definition) is 0. The van der Waals surface area contributed by atoms with Gasteiger partial charge in [-0.2, -0.15) is 0 Å². The Morgan fingerprint density at radius 3 is 2.37 bits per heavy atom. The van der Waals surface area contributed by atoms with Crippen LogP contribution in [0.3, 0.4) is 0 Å². The first-order chi connectivity index (χ1) is 14.3. The van der Waals surface area contributed by atoms with Gasteiger partial charge in [0.1, 0.15) is 5.75 Å². The number of furan rings is 1. The average molecular weight is 435 g/mol. The number of thioether (sulfide) groups is 1. The summed E-state index contributed by atoms with van der Waals surface area (Å²) in [7, 11) is 0. The van der Waals surface area contributed by atoms with Crippen molar-refractivity contribution in [2.75, 3.05) is 5.75 Å². The largest absolute Gasteiger partial charge is 0.473 e. The fraction of sp³-hybridized carbons (Fsp3) is 0.400. The molecule has 3 rings (SSSR count). The second kappa shape index (κ2) is 9.66. The van der Waals surface area contributed by atoms with E-state index in [4.69, 9.17) is 23.4 Å². The Bertz CT molecular complexity index is 900. The Kier molecular flexibility index (Phi) is 6.99. The van der Waals surface area contributed by atoms with Gasteiger partial charge in [-0.15, -0.1) is 11.8 Å². The molecule has 1 saturated heterocycles. The van der Waals surface area contributed by atoms with E-state index < -0.39 is 41.7 Å². The van der Waals surface area contributed by atoms with E-state index in [1.165, 1.54) is 45.0 Å². The summed E-state index contributed by atoms with van der Waals surface area (Å²) in [6.07, 6.45) is 3.44. The molecule has 0 N–H and O–H groups in total. The number of esters is 3. The Hall–Kier alpha value is -3.01. The van der Waals surface area contributed by atoms with Gasteiger partial charge in [0.2, 0.25) is 0 Å². The van der Waals surface area contributed by atoms with Crippen molar-refractivity contribution in [2.45, 2.75) is 44.5 Å². The summed E-state index contributed by atoms with van der Waals surface area (Å²) in [5.74, 6) is -1.01. The zero-order chi connectivity index (χ0) is 21.7. The van der Waals surface area contributed by atoms with Crippen LogP contribution in [0.4, 0.5) is 0 Å². The van der Waals surface area contributed by atoms with Gasteiger partial charge in [0.25, 0.3) is 0 Å². The van der Waals surface area contributed by atoms with Crippen molar-refractivity contribution < 1.29 is 37.7 Å². The average Bonchev–Trinajstić information content (AvgIpc) is 3.20. The van der Waals surface area contributed by atoms with Crippen molar-refractivity contribution in [3.63, 3.8) is 0 Å². The van der Waals surface area contributed by atoms with Crippen molar-refractivity contribution in [1.82, 2.24) is 4.98 Å². The van der Waals surface area contributed by atoms with E-state index in [2.05, 4.69) is 4.98 Å². The molecule has 0 saturated carbocycles. The lowest BCUT2D eigenvalue weighted by atomic mass is 10.1. The molecule has 1 aliphatic heterocycles. The highest BCUT2D eigenvalue weighted by Crippen LogP contribution is 2.37. The number of carbonyl (C=O) groups is 3. The molecule has 160 valence electrons. The van der Waals surface area contributed by atoms with Crippen LogP contribution in [0.1, 0.15) is 20.8 Å². The topological polar surface area (TPSA) is 114 Å². The van der Waals surface area contributed by atoms with E-state index in [9.17, 15) is 14.4 Å². The van der Waals surface area contributed by atoms with Gasteiger partial charge in [-0.3, -0.25) is 19.4 Å². The van der Waals surface area contributed by atoms with Gasteiger partial charge in [0.15, 0.2) is 23.7 Å². The standard InChI is InChI=1S/C20H21NO8S/c1-11(22)26-17-10-30-20(19(28-13(3)24)18(17)27-12(2)23)29-16-8-21-6-4-15(16)14-5-7-25-9-14/h4-9,17-20H,10H2,1-3H3/t17-,18+,19-,20+/m1/s1. The minimum absolute atomic E-state index is 0.279. The van der Waals surface area contributed by atoms with Crippen LogP contribution >= 0.6 is 11.8 Å². The highest BCUT2D eigenvalue weighted by Gasteiger charge is 2.47. The number of nitrogens with zero attached hydrogens (tertiary/aromatic N) is 1. The summed E-state index contributed by atoms with van der Waals surface area (Å²) < 4.78 is 27.4. The Morgan fingerprint density at radius 2 is 1.73 bits per heavy atom. The maximum absolute atomic E-state index is 11.8. The molecule has 2 aromatic heterocycles. The van der Waals surface area contributed by atoms with Gasteiger partial charge in [0, 0.05) is 43.8 Å². The molecule has 1 aliphatic rings. The third-order valence-electron chi connectivity index (χ3n) is 4.16. The number of hydrogen-bond acceptors (Lipinski definition) is 10. The minimum Gasteiger partial charge on any atom is -0.473 e. The van der Waals surface area contributed by atoms with Crippen molar-refractivity contribution in [3.05, 3.63) is 37.1 Å². The summed E-state index contributed by atoms with van der Waals surface area (Å²) in [6, 6.07) is 3.54. The summed E-state index contributed by atoms with van der Waals surface area (Å²) in [6.45, 7) is 3.72. The summed E-state index contributed by atoms with van der Waals surface area (Å²) in [5.41, 5.74) is 0.776. The molecule has 0 unspecified atom stereocenters. The van der Waals surface area contributed by atoms with E-state index in [1.54, 1.807) is 24.6 Å². The lowest BCUT2D eigenvalue weighted by Gasteiger charge is -2.40. The van der Waals surface area contributed by atoms with Gasteiger partial charge in [-0.25, -0.2) is 0 Å². The lowest BCUT2D eigenvalue weighted by molar-refractivity contribution is -0.186. The molecule has 30 heavy (non-hydrogen) atoms. The van der Waals surface area contributed by atoms with Crippen LogP contribution in [-0.2, 0) is 28.6 Å². The lowest BCUT2D eigenvalue weighted by Crippen LogP contribution is -2.55. The zero-order valence-corrected chi connectivity index (χ0v) is 17.4. The smallest absolute Gasteiger partial charge is 0.303 e. The zero-order valence-electron chi connectivity index (χ0n) is 16.6. The Balaban J connectivity index is 1.91. The predicted molar refractivity (Wildman–Crippen MR) is 105 cm³/mol. The summed E-state index contributed by atoms with van der Waals surface area (Å²) in [5, 5.41) is 0. The number of carbonyl (C=O) groups excluding carboxylic acids is 3. The molecule has 10 heteroatoms. The normalized spacial score (nSPS) is 23.3. The molecule has 0 radical (unpaired) electrons. The van der Waals surface area contributed by atoms with Crippen LogP contribution < -0.4 is 4.74 Å². The molecule has 0 amide bonds. The van der Waals surface area contributed by atoms with Crippen molar-refractivity contribution in [1.29, 1.82) is 0 Å². The molecule has 0 aliphatic carbocycles. The van der Waals surface area contributed by atoms with Gasteiger partial charge in [-0.1, -0.05) is 0 Å². The maximum Gasteiger partial charge on any atom is 0.303 e. The molecular weight excluding hydrogens is 414 g/mol. The van der Waals surface area contributed by atoms with Crippen molar-refractivity contribution in [2.24, 2.45) is 0 Å². The molecule has 0 bridgehead atoms. The number of ether oxygens (including phenoxy) is 4. The van der Waals surface area contributed by atoms with Gasteiger partial charge in [-0.05, 0) is 12.1 Å². The quantitative estimate of drug-likeness (QED) is 0.495. The highest BCUT2D eigenvalue weighted by molar-refractivity contribution is 7.99. The fourth-order valence-corrected chi connectivity index (χ4v) is 4.27. The molecule has 2 aromatic rings. The van der Waals surface area contributed by atoms with E-state index in [0.717, 1.165) is 11.1 Å². The Labute approximate surface area is 177 Å². The first-order valence-electron chi connectivity index (χ1n) is 9.11. The first-order valence-corrected chi connectivity index (χ1v) is 10.2. The second-order valence-corrected chi connectivity index (χ2v) is 7.63. The van der Waals surface area contributed by atoms with Crippen molar-refractivity contribution >= 4 is 29.7 Å². The SMILES string of the molecule is CC(=O)O[C@@H]1[C@@H](OC(C)=O)[C@@H](Oc2cnccc2-c2ccoc2)SC[C@H]1OC(C)=O. The van der Waals surface area contributed by atoms with Crippen LogP contribution in [0, 0.1) is 0 Å². The monoisotopic (exact) mass is 435 g/mol. The predicted octanol–water partition coefficient (Wildman–Crippen LogP) is 2.59. The number of rotatable bonds is 6. The first kappa shape index (κ1) is 21.7. The van der Waals surface area contributed by atoms with Crippen LogP contribution in [-0.4, -0.2) is 52.4 Å². The van der Waals surface area contributed by atoms with E-state index in [-0.39, 0.29) is 5.75 Å². The summed E-state index contributed by atoms with van der Waals surface area (Å²) in [4.78, 5) is 39.0. The third-order valence-corrected chi connectivity index (χ3v) is 5.38. The van der Waals surface area contributed by atoms with Crippen LogP contribution in [0.15, 0.2) is 41.5 Å². The summed E-state index contributed by atoms with van der Waals surface area (Å²) >= 11 is 1.28. The van der Waals surface area contributed by atoms with Crippen LogP contribution in [0.2, 0.25) is 0 Å². The van der Waals surface area contributed by atoms with E-state index in [0.29, 0.717) is 5.75 Å².